The lowest BCUT2D eigenvalue weighted by atomic mass is 9.72. The van der Waals surface area contributed by atoms with Crippen LogP contribution >= 0.6 is 0 Å². The van der Waals surface area contributed by atoms with Gasteiger partial charge in [-0.3, -0.25) is 0 Å². The van der Waals surface area contributed by atoms with Crippen LogP contribution in [0.4, 0.5) is 8.78 Å². The molecule has 3 unspecified atom stereocenters. The number of hydrogen-bond acceptors (Lipinski definition) is 2. The largest absolute Gasteiger partial charge is 0.380 e. The van der Waals surface area contributed by atoms with Crippen molar-refractivity contribution >= 4 is 0 Å². The summed E-state index contributed by atoms with van der Waals surface area (Å²) in [6.45, 7) is 6.76. The zero-order valence-electron chi connectivity index (χ0n) is 9.89. The lowest BCUT2D eigenvalue weighted by Crippen LogP contribution is -2.53. The number of ether oxygens (including phenoxy) is 1. The summed E-state index contributed by atoms with van der Waals surface area (Å²) < 4.78 is 30.6. The zero-order chi connectivity index (χ0) is 11.6. The lowest BCUT2D eigenvalue weighted by Gasteiger charge is -2.42. The molecule has 0 aromatic heterocycles. The summed E-state index contributed by atoms with van der Waals surface area (Å²) in [4.78, 5) is 0. The van der Waals surface area contributed by atoms with Crippen LogP contribution in [0.5, 0.6) is 0 Å². The molecule has 0 saturated carbocycles. The molecule has 1 rings (SSSR count). The second-order valence-corrected chi connectivity index (χ2v) is 5.33. The van der Waals surface area contributed by atoms with Gasteiger partial charge in [-0.25, -0.2) is 8.78 Å². The van der Waals surface area contributed by atoms with Crippen molar-refractivity contribution in [3.05, 3.63) is 0 Å². The van der Waals surface area contributed by atoms with E-state index in [0.717, 1.165) is 0 Å². The molecule has 1 heterocycles. The van der Waals surface area contributed by atoms with Crippen molar-refractivity contribution in [2.45, 2.75) is 45.8 Å². The van der Waals surface area contributed by atoms with Crippen LogP contribution in [-0.2, 0) is 4.74 Å². The van der Waals surface area contributed by atoms with Crippen molar-refractivity contribution in [1.82, 2.24) is 5.32 Å². The normalized spacial score (nSPS) is 33.4. The number of nitrogens with one attached hydrogen (secondary N) is 1. The molecule has 1 N–H and O–H groups in total. The van der Waals surface area contributed by atoms with E-state index < -0.39 is 12.5 Å². The molecule has 1 aliphatic rings. The molecular weight excluding hydrogens is 200 g/mol. The van der Waals surface area contributed by atoms with Gasteiger partial charge in [-0.1, -0.05) is 20.8 Å². The fourth-order valence-corrected chi connectivity index (χ4v) is 2.27. The van der Waals surface area contributed by atoms with E-state index >= 15 is 0 Å². The van der Waals surface area contributed by atoms with Crippen molar-refractivity contribution in [2.75, 3.05) is 13.7 Å². The number of methoxy groups -OCH3 is 1. The van der Waals surface area contributed by atoms with E-state index in [0.29, 0.717) is 13.0 Å². The second kappa shape index (κ2) is 4.74. The van der Waals surface area contributed by atoms with Crippen LogP contribution in [0.15, 0.2) is 0 Å². The van der Waals surface area contributed by atoms with Crippen molar-refractivity contribution in [2.24, 2.45) is 11.3 Å². The third-order valence-corrected chi connectivity index (χ3v) is 3.26. The minimum Gasteiger partial charge on any atom is -0.380 e. The van der Waals surface area contributed by atoms with Crippen LogP contribution < -0.4 is 5.32 Å². The van der Waals surface area contributed by atoms with E-state index in [2.05, 4.69) is 26.1 Å². The highest BCUT2D eigenvalue weighted by molar-refractivity contribution is 4.91. The summed E-state index contributed by atoms with van der Waals surface area (Å²) in [7, 11) is 1.65. The van der Waals surface area contributed by atoms with Gasteiger partial charge in [-0.05, 0) is 17.8 Å². The summed E-state index contributed by atoms with van der Waals surface area (Å²) in [6, 6.07) is -0.680. The minimum absolute atomic E-state index is 0.00984. The molecule has 0 aromatic carbocycles. The van der Waals surface area contributed by atoms with Gasteiger partial charge in [-0.15, -0.1) is 0 Å². The predicted molar refractivity (Wildman–Crippen MR) is 56.2 cm³/mol. The molecule has 4 heteroatoms. The maximum atomic E-state index is 12.6. The summed E-state index contributed by atoms with van der Waals surface area (Å²) >= 11 is 0. The van der Waals surface area contributed by atoms with Crippen LogP contribution in [0.25, 0.3) is 0 Å². The Labute approximate surface area is 90.4 Å². The first kappa shape index (κ1) is 12.8. The fourth-order valence-electron chi connectivity index (χ4n) is 2.27. The van der Waals surface area contributed by atoms with Crippen LogP contribution in [0, 0.1) is 11.3 Å². The molecule has 0 radical (unpaired) electrons. The number of rotatable bonds is 2. The van der Waals surface area contributed by atoms with Gasteiger partial charge in [0.15, 0.2) is 0 Å². The molecule has 90 valence electrons. The number of alkyl halides is 2. The van der Waals surface area contributed by atoms with Crippen molar-refractivity contribution in [3.63, 3.8) is 0 Å². The Morgan fingerprint density at radius 2 is 1.93 bits per heavy atom. The van der Waals surface area contributed by atoms with Crippen molar-refractivity contribution in [1.29, 1.82) is 0 Å². The lowest BCUT2D eigenvalue weighted by molar-refractivity contribution is -0.0460. The molecule has 1 fully saturated rings. The van der Waals surface area contributed by atoms with Gasteiger partial charge in [0.2, 0.25) is 0 Å². The Hall–Kier alpha value is -0.220. The Kier molecular flexibility index (Phi) is 4.06. The number of halogens is 2. The van der Waals surface area contributed by atoms with Crippen molar-refractivity contribution < 1.29 is 13.5 Å². The fraction of sp³-hybridized carbons (Fsp3) is 1.00. The zero-order valence-corrected chi connectivity index (χ0v) is 9.89. The van der Waals surface area contributed by atoms with E-state index in [-0.39, 0.29) is 17.4 Å². The van der Waals surface area contributed by atoms with E-state index in [1.807, 2.05) is 0 Å². The smallest absolute Gasteiger partial charge is 0.253 e. The Bertz CT molecular complexity index is 203. The molecule has 1 aliphatic heterocycles. The van der Waals surface area contributed by atoms with Crippen LogP contribution in [0.3, 0.4) is 0 Å². The molecule has 15 heavy (non-hydrogen) atoms. The topological polar surface area (TPSA) is 21.3 Å². The van der Waals surface area contributed by atoms with Gasteiger partial charge in [0.05, 0.1) is 12.1 Å². The Balaban J connectivity index is 2.70. The van der Waals surface area contributed by atoms with Gasteiger partial charge >= 0.3 is 0 Å². The molecule has 1 saturated heterocycles. The molecule has 0 aromatic rings. The monoisotopic (exact) mass is 221 g/mol. The maximum absolute atomic E-state index is 12.6. The maximum Gasteiger partial charge on any atom is 0.253 e. The van der Waals surface area contributed by atoms with Gasteiger partial charge in [0, 0.05) is 13.7 Å². The summed E-state index contributed by atoms with van der Waals surface area (Å²) in [5.74, 6) is 0.183. The quantitative estimate of drug-likeness (QED) is 0.772. The summed E-state index contributed by atoms with van der Waals surface area (Å²) in [6.07, 6.45) is -1.76. The van der Waals surface area contributed by atoms with Gasteiger partial charge in [0.1, 0.15) is 0 Å². The van der Waals surface area contributed by atoms with Gasteiger partial charge in [0.25, 0.3) is 6.43 Å². The van der Waals surface area contributed by atoms with E-state index in [1.165, 1.54) is 0 Å². The molecular formula is C11H21F2NO. The van der Waals surface area contributed by atoms with E-state index in [9.17, 15) is 8.78 Å². The van der Waals surface area contributed by atoms with Crippen LogP contribution in [0.2, 0.25) is 0 Å². The highest BCUT2D eigenvalue weighted by Crippen LogP contribution is 2.36. The summed E-state index contributed by atoms with van der Waals surface area (Å²) in [5.41, 5.74) is 0.00984. The first-order valence-electron chi connectivity index (χ1n) is 5.40. The third-order valence-electron chi connectivity index (χ3n) is 3.26. The highest BCUT2D eigenvalue weighted by atomic mass is 19.3. The number of hydrogen-bond donors (Lipinski definition) is 1. The third kappa shape index (κ3) is 3.11. The molecule has 3 atom stereocenters. The SMILES string of the molecule is COC1CNC(C(F)F)CC1C(C)(C)C. The molecule has 0 bridgehead atoms. The standard InChI is InChI=1S/C11H21F2NO/c1-11(2,3)7-5-8(10(12)13)14-6-9(7)15-4/h7-10,14H,5-6H2,1-4H3. The van der Waals surface area contributed by atoms with E-state index in [1.54, 1.807) is 7.11 Å². The Morgan fingerprint density at radius 1 is 1.33 bits per heavy atom. The molecule has 0 amide bonds. The summed E-state index contributed by atoms with van der Waals surface area (Å²) in [5, 5.41) is 2.85. The molecule has 0 spiro atoms. The van der Waals surface area contributed by atoms with Gasteiger partial charge < -0.3 is 10.1 Å². The Morgan fingerprint density at radius 3 is 2.33 bits per heavy atom. The first-order chi connectivity index (χ1) is 6.86. The van der Waals surface area contributed by atoms with Gasteiger partial charge in [-0.2, -0.15) is 0 Å². The van der Waals surface area contributed by atoms with E-state index in [4.69, 9.17) is 4.74 Å². The second-order valence-electron chi connectivity index (χ2n) is 5.33. The molecule has 0 aliphatic carbocycles. The molecule has 2 nitrogen and oxygen atoms in total. The highest BCUT2D eigenvalue weighted by Gasteiger charge is 2.40. The first-order valence-corrected chi connectivity index (χ1v) is 5.40. The number of piperidine rings is 1. The average Bonchev–Trinajstić information content (AvgIpc) is 2.15. The van der Waals surface area contributed by atoms with Crippen molar-refractivity contribution in [3.8, 4) is 0 Å². The predicted octanol–water partition coefficient (Wildman–Crippen LogP) is 2.29. The minimum atomic E-state index is -2.28. The average molecular weight is 221 g/mol. The van der Waals surface area contributed by atoms with Crippen LogP contribution in [0.1, 0.15) is 27.2 Å². The van der Waals surface area contributed by atoms with Crippen LogP contribution in [-0.4, -0.2) is 32.2 Å².